The van der Waals surface area contributed by atoms with E-state index in [0.717, 1.165) is 13.1 Å². The largest absolute Gasteiger partial charge is 0.324 e. The van der Waals surface area contributed by atoms with E-state index in [1.807, 2.05) is 0 Å². The molecular formula is C12H18N2. The van der Waals surface area contributed by atoms with Gasteiger partial charge < -0.3 is 11.1 Å². The molecule has 1 aromatic rings. The molecule has 0 bridgehead atoms. The minimum Gasteiger partial charge on any atom is -0.324 e. The summed E-state index contributed by atoms with van der Waals surface area (Å²) in [5, 5.41) is 3.36. The van der Waals surface area contributed by atoms with Gasteiger partial charge in [-0.25, -0.2) is 0 Å². The Morgan fingerprint density at radius 3 is 2.71 bits per heavy atom. The smallest absolute Gasteiger partial charge is 0.0334 e. The van der Waals surface area contributed by atoms with Crippen LogP contribution >= 0.6 is 0 Å². The van der Waals surface area contributed by atoms with E-state index in [2.05, 4.69) is 43.4 Å². The van der Waals surface area contributed by atoms with E-state index in [4.69, 9.17) is 5.73 Å². The lowest BCUT2D eigenvalue weighted by atomic mass is 9.82. The first-order valence-corrected chi connectivity index (χ1v) is 5.16. The molecule has 2 atom stereocenters. The third-order valence-corrected chi connectivity index (χ3v) is 3.21. The second kappa shape index (κ2) is 3.37. The first-order chi connectivity index (χ1) is 6.61. The van der Waals surface area contributed by atoms with E-state index in [1.165, 1.54) is 11.1 Å². The zero-order valence-electron chi connectivity index (χ0n) is 8.88. The SMILES string of the molecule is Cc1ccccc1[C@H]1CNC[C@]1(C)N. The minimum absolute atomic E-state index is 0.105. The average molecular weight is 190 g/mol. The van der Waals surface area contributed by atoms with Gasteiger partial charge in [0.25, 0.3) is 0 Å². The highest BCUT2D eigenvalue weighted by Crippen LogP contribution is 2.31. The molecule has 0 spiro atoms. The summed E-state index contributed by atoms with van der Waals surface area (Å²) in [5.41, 5.74) is 8.89. The first-order valence-electron chi connectivity index (χ1n) is 5.16. The van der Waals surface area contributed by atoms with Crippen LogP contribution in [0.25, 0.3) is 0 Å². The van der Waals surface area contributed by atoms with Crippen molar-refractivity contribution < 1.29 is 0 Å². The normalized spacial score (nSPS) is 32.1. The highest BCUT2D eigenvalue weighted by atomic mass is 15.0. The van der Waals surface area contributed by atoms with Crippen molar-refractivity contribution in [2.75, 3.05) is 13.1 Å². The lowest BCUT2D eigenvalue weighted by Gasteiger charge is -2.27. The van der Waals surface area contributed by atoms with Crippen molar-refractivity contribution in [1.82, 2.24) is 5.32 Å². The second-order valence-corrected chi connectivity index (χ2v) is 4.55. The van der Waals surface area contributed by atoms with Crippen LogP contribution in [-0.2, 0) is 0 Å². The van der Waals surface area contributed by atoms with Crippen LogP contribution in [0.4, 0.5) is 0 Å². The Morgan fingerprint density at radius 1 is 1.43 bits per heavy atom. The fraction of sp³-hybridized carbons (Fsp3) is 0.500. The highest BCUT2D eigenvalue weighted by molar-refractivity contribution is 5.33. The Morgan fingerprint density at radius 2 is 2.14 bits per heavy atom. The van der Waals surface area contributed by atoms with Gasteiger partial charge in [-0.05, 0) is 25.0 Å². The summed E-state index contributed by atoms with van der Waals surface area (Å²) in [5.74, 6) is 0.448. The molecule has 0 unspecified atom stereocenters. The van der Waals surface area contributed by atoms with Gasteiger partial charge in [-0.15, -0.1) is 0 Å². The summed E-state index contributed by atoms with van der Waals surface area (Å²) in [6, 6.07) is 8.52. The molecule has 2 nitrogen and oxygen atoms in total. The molecule has 1 aromatic carbocycles. The molecule has 76 valence electrons. The van der Waals surface area contributed by atoms with Crippen LogP contribution in [0, 0.1) is 6.92 Å². The van der Waals surface area contributed by atoms with Gasteiger partial charge in [0, 0.05) is 24.5 Å². The summed E-state index contributed by atoms with van der Waals surface area (Å²) >= 11 is 0. The monoisotopic (exact) mass is 190 g/mol. The fourth-order valence-corrected chi connectivity index (χ4v) is 2.29. The van der Waals surface area contributed by atoms with E-state index < -0.39 is 0 Å². The van der Waals surface area contributed by atoms with E-state index in [0.29, 0.717) is 5.92 Å². The van der Waals surface area contributed by atoms with Gasteiger partial charge in [0.2, 0.25) is 0 Å². The molecule has 0 aliphatic carbocycles. The van der Waals surface area contributed by atoms with E-state index in [1.54, 1.807) is 0 Å². The van der Waals surface area contributed by atoms with E-state index >= 15 is 0 Å². The summed E-state index contributed by atoms with van der Waals surface area (Å²) in [6.45, 7) is 6.19. The summed E-state index contributed by atoms with van der Waals surface area (Å²) < 4.78 is 0. The van der Waals surface area contributed by atoms with Crippen molar-refractivity contribution in [2.45, 2.75) is 25.3 Å². The van der Waals surface area contributed by atoms with E-state index in [9.17, 15) is 0 Å². The van der Waals surface area contributed by atoms with Gasteiger partial charge in [0.1, 0.15) is 0 Å². The first kappa shape index (κ1) is 9.69. The number of nitrogens with one attached hydrogen (secondary N) is 1. The molecule has 1 fully saturated rings. The summed E-state index contributed by atoms with van der Waals surface area (Å²) in [4.78, 5) is 0. The maximum atomic E-state index is 6.26. The van der Waals surface area contributed by atoms with Gasteiger partial charge in [0.05, 0.1) is 0 Å². The van der Waals surface area contributed by atoms with Gasteiger partial charge in [-0.1, -0.05) is 24.3 Å². The molecule has 0 radical (unpaired) electrons. The zero-order valence-corrected chi connectivity index (χ0v) is 8.88. The Balaban J connectivity index is 2.36. The van der Waals surface area contributed by atoms with Crippen LogP contribution in [-0.4, -0.2) is 18.6 Å². The maximum Gasteiger partial charge on any atom is 0.0334 e. The molecule has 2 heteroatoms. The van der Waals surface area contributed by atoms with E-state index in [-0.39, 0.29) is 5.54 Å². The van der Waals surface area contributed by atoms with Crippen molar-refractivity contribution >= 4 is 0 Å². The average Bonchev–Trinajstić information content (AvgIpc) is 2.46. The van der Waals surface area contributed by atoms with Crippen LogP contribution in [0.5, 0.6) is 0 Å². The topological polar surface area (TPSA) is 38.0 Å². The van der Waals surface area contributed by atoms with Crippen molar-refractivity contribution in [1.29, 1.82) is 0 Å². The number of nitrogens with two attached hydrogens (primary N) is 1. The van der Waals surface area contributed by atoms with Crippen molar-refractivity contribution in [3.8, 4) is 0 Å². The molecule has 1 aliphatic heterocycles. The third kappa shape index (κ3) is 1.56. The predicted molar refractivity (Wildman–Crippen MR) is 59.4 cm³/mol. The molecule has 0 aromatic heterocycles. The van der Waals surface area contributed by atoms with Gasteiger partial charge in [0.15, 0.2) is 0 Å². The number of hydrogen-bond acceptors (Lipinski definition) is 2. The Hall–Kier alpha value is -0.860. The summed E-state index contributed by atoms with van der Waals surface area (Å²) in [6.07, 6.45) is 0. The van der Waals surface area contributed by atoms with Gasteiger partial charge in [-0.3, -0.25) is 0 Å². The number of benzene rings is 1. The molecule has 2 rings (SSSR count). The van der Waals surface area contributed by atoms with Crippen molar-refractivity contribution in [3.63, 3.8) is 0 Å². The lowest BCUT2D eigenvalue weighted by Crippen LogP contribution is -2.43. The standard InChI is InChI=1S/C12H18N2/c1-9-5-3-4-6-10(9)11-7-14-8-12(11,2)13/h3-6,11,14H,7-8,13H2,1-2H3/t11-,12+/m1/s1. The molecule has 1 saturated heterocycles. The van der Waals surface area contributed by atoms with Crippen LogP contribution in [0.2, 0.25) is 0 Å². The summed E-state index contributed by atoms with van der Waals surface area (Å²) in [7, 11) is 0. The maximum absolute atomic E-state index is 6.26. The zero-order chi connectivity index (χ0) is 10.2. The molecule has 3 N–H and O–H groups in total. The lowest BCUT2D eigenvalue weighted by molar-refractivity contribution is 0.461. The van der Waals surface area contributed by atoms with Crippen molar-refractivity contribution in [3.05, 3.63) is 35.4 Å². The van der Waals surface area contributed by atoms with Crippen LogP contribution in [0.15, 0.2) is 24.3 Å². The van der Waals surface area contributed by atoms with Crippen LogP contribution in [0.3, 0.4) is 0 Å². The van der Waals surface area contributed by atoms with Gasteiger partial charge in [-0.2, -0.15) is 0 Å². The number of hydrogen-bond donors (Lipinski definition) is 2. The number of rotatable bonds is 1. The molecule has 0 amide bonds. The Labute approximate surface area is 85.5 Å². The van der Waals surface area contributed by atoms with Crippen LogP contribution < -0.4 is 11.1 Å². The van der Waals surface area contributed by atoms with Crippen molar-refractivity contribution in [2.24, 2.45) is 5.73 Å². The highest BCUT2D eigenvalue weighted by Gasteiger charge is 2.36. The fourth-order valence-electron chi connectivity index (χ4n) is 2.29. The molecule has 14 heavy (non-hydrogen) atoms. The Kier molecular flexibility index (Phi) is 2.33. The second-order valence-electron chi connectivity index (χ2n) is 4.55. The van der Waals surface area contributed by atoms with Gasteiger partial charge >= 0.3 is 0 Å². The van der Waals surface area contributed by atoms with Crippen LogP contribution in [0.1, 0.15) is 24.0 Å². The quantitative estimate of drug-likeness (QED) is 0.702. The molecular weight excluding hydrogens is 172 g/mol. The minimum atomic E-state index is -0.105. The predicted octanol–water partition coefficient (Wildman–Crippen LogP) is 1.40. The molecule has 1 heterocycles. The number of aryl methyl sites for hydroxylation is 1. The molecule has 1 aliphatic rings. The Bertz CT molecular complexity index is 331. The third-order valence-electron chi connectivity index (χ3n) is 3.21. The molecule has 0 saturated carbocycles.